The molecule has 1 saturated heterocycles. The fraction of sp³-hybridized carbons (Fsp3) is 0.778. The molecule has 0 saturated carbocycles. The Kier molecular flexibility index (Phi) is 3.75. The van der Waals surface area contributed by atoms with Gasteiger partial charge in [0.25, 0.3) is 0 Å². The topological polar surface area (TPSA) is 29.3 Å². The van der Waals surface area contributed by atoms with Crippen LogP contribution in [-0.2, 0) is 0 Å². The molecule has 3 heteroatoms. The molecule has 0 bridgehead atoms. The van der Waals surface area contributed by atoms with Gasteiger partial charge in [-0.05, 0) is 19.8 Å². The van der Waals surface area contributed by atoms with Crippen LogP contribution in [0.4, 0.5) is 0 Å². The minimum Gasteiger partial charge on any atom is -0.328 e. The van der Waals surface area contributed by atoms with Gasteiger partial charge in [0, 0.05) is 29.7 Å². The molecule has 0 amide bonds. The van der Waals surface area contributed by atoms with Crippen LogP contribution in [0.2, 0.25) is 0 Å². The van der Waals surface area contributed by atoms with Gasteiger partial charge in [0.05, 0.1) is 0 Å². The molecule has 1 aliphatic rings. The summed E-state index contributed by atoms with van der Waals surface area (Å²) in [7, 11) is 0. The number of rotatable bonds is 2. The molecule has 0 radical (unpaired) electrons. The molecule has 1 heterocycles. The van der Waals surface area contributed by atoms with Gasteiger partial charge in [-0.25, -0.2) is 0 Å². The predicted molar refractivity (Wildman–Crippen MR) is 56.3 cm³/mol. The van der Waals surface area contributed by atoms with Crippen molar-refractivity contribution in [3.05, 3.63) is 11.1 Å². The second-order valence-corrected chi connectivity index (χ2v) is 4.74. The highest BCUT2D eigenvalue weighted by atomic mass is 79.9. The first-order valence-corrected chi connectivity index (χ1v) is 5.22. The van der Waals surface area contributed by atoms with Crippen molar-refractivity contribution < 1.29 is 0 Å². The van der Waals surface area contributed by atoms with Crippen LogP contribution in [0, 0.1) is 0 Å². The molecule has 0 aromatic rings. The average molecular weight is 233 g/mol. The SMILES string of the molecule is C=C(Br)CN1CCC(N)CC1C. The van der Waals surface area contributed by atoms with Crippen LogP contribution in [0.25, 0.3) is 0 Å². The molecule has 2 nitrogen and oxygen atoms in total. The van der Waals surface area contributed by atoms with E-state index in [1.54, 1.807) is 0 Å². The van der Waals surface area contributed by atoms with Crippen LogP contribution < -0.4 is 5.73 Å². The van der Waals surface area contributed by atoms with Crippen molar-refractivity contribution in [1.82, 2.24) is 4.90 Å². The Labute approximate surface area is 82.9 Å². The Morgan fingerprint density at radius 2 is 2.42 bits per heavy atom. The number of hydrogen-bond acceptors (Lipinski definition) is 2. The van der Waals surface area contributed by atoms with E-state index in [1.807, 2.05) is 0 Å². The number of likely N-dealkylation sites (tertiary alicyclic amines) is 1. The van der Waals surface area contributed by atoms with E-state index in [-0.39, 0.29) is 0 Å². The highest BCUT2D eigenvalue weighted by Gasteiger charge is 2.22. The summed E-state index contributed by atoms with van der Waals surface area (Å²) in [6, 6.07) is 1.00. The summed E-state index contributed by atoms with van der Waals surface area (Å²) in [5, 5.41) is 0. The summed E-state index contributed by atoms with van der Waals surface area (Å²) >= 11 is 3.39. The quantitative estimate of drug-likeness (QED) is 0.786. The number of piperidine rings is 1. The van der Waals surface area contributed by atoms with E-state index in [4.69, 9.17) is 5.73 Å². The van der Waals surface area contributed by atoms with Crippen molar-refractivity contribution in [1.29, 1.82) is 0 Å². The van der Waals surface area contributed by atoms with Crippen LogP contribution in [0.15, 0.2) is 11.1 Å². The van der Waals surface area contributed by atoms with Crippen LogP contribution in [0.3, 0.4) is 0 Å². The van der Waals surface area contributed by atoms with Gasteiger partial charge < -0.3 is 5.73 Å². The summed E-state index contributed by atoms with van der Waals surface area (Å²) in [4.78, 5) is 2.42. The molecule has 12 heavy (non-hydrogen) atoms. The lowest BCUT2D eigenvalue weighted by Gasteiger charge is -2.36. The van der Waals surface area contributed by atoms with Crippen molar-refractivity contribution in [3.63, 3.8) is 0 Å². The van der Waals surface area contributed by atoms with Crippen molar-refractivity contribution in [3.8, 4) is 0 Å². The summed E-state index contributed by atoms with van der Waals surface area (Å²) in [6.07, 6.45) is 2.23. The van der Waals surface area contributed by atoms with Crippen molar-refractivity contribution in [2.75, 3.05) is 13.1 Å². The van der Waals surface area contributed by atoms with Gasteiger partial charge in [-0.3, -0.25) is 4.90 Å². The van der Waals surface area contributed by atoms with Gasteiger partial charge in [-0.1, -0.05) is 22.5 Å². The Morgan fingerprint density at radius 3 is 2.92 bits per heavy atom. The van der Waals surface area contributed by atoms with E-state index < -0.39 is 0 Å². The zero-order chi connectivity index (χ0) is 9.14. The van der Waals surface area contributed by atoms with E-state index in [2.05, 4.69) is 34.3 Å². The molecule has 0 aromatic carbocycles. The van der Waals surface area contributed by atoms with Gasteiger partial charge in [-0.2, -0.15) is 0 Å². The van der Waals surface area contributed by atoms with E-state index in [1.165, 1.54) is 0 Å². The molecule has 1 rings (SSSR count). The fourth-order valence-corrected chi connectivity index (χ4v) is 2.03. The molecular weight excluding hydrogens is 216 g/mol. The molecule has 70 valence electrons. The molecule has 2 unspecified atom stereocenters. The third-order valence-corrected chi connectivity index (χ3v) is 2.68. The first kappa shape index (κ1) is 10.2. The van der Waals surface area contributed by atoms with E-state index >= 15 is 0 Å². The third kappa shape index (κ3) is 2.88. The van der Waals surface area contributed by atoms with Crippen molar-refractivity contribution in [2.24, 2.45) is 5.73 Å². The first-order chi connectivity index (χ1) is 5.59. The smallest absolute Gasteiger partial charge is 0.0296 e. The Bertz CT molecular complexity index is 170. The minimum atomic E-state index is 0.403. The second-order valence-electron chi connectivity index (χ2n) is 3.62. The van der Waals surface area contributed by atoms with Gasteiger partial charge >= 0.3 is 0 Å². The maximum Gasteiger partial charge on any atom is 0.0296 e. The number of halogens is 1. The van der Waals surface area contributed by atoms with E-state index in [0.717, 1.165) is 30.4 Å². The van der Waals surface area contributed by atoms with Crippen LogP contribution >= 0.6 is 15.9 Å². The van der Waals surface area contributed by atoms with Crippen molar-refractivity contribution >= 4 is 15.9 Å². The second kappa shape index (κ2) is 4.40. The summed E-state index contributed by atoms with van der Waals surface area (Å²) in [5.74, 6) is 0. The summed E-state index contributed by atoms with van der Waals surface area (Å²) in [6.45, 7) is 8.13. The van der Waals surface area contributed by atoms with Gasteiger partial charge in [0.15, 0.2) is 0 Å². The molecule has 1 aliphatic heterocycles. The van der Waals surface area contributed by atoms with Gasteiger partial charge in [0.1, 0.15) is 0 Å². The highest BCUT2D eigenvalue weighted by molar-refractivity contribution is 9.11. The number of nitrogens with two attached hydrogens (primary N) is 1. The Morgan fingerprint density at radius 1 is 1.75 bits per heavy atom. The van der Waals surface area contributed by atoms with Crippen LogP contribution in [0.1, 0.15) is 19.8 Å². The third-order valence-electron chi connectivity index (χ3n) is 2.43. The average Bonchev–Trinajstić information content (AvgIpc) is 1.94. The highest BCUT2D eigenvalue weighted by Crippen LogP contribution is 2.17. The lowest BCUT2D eigenvalue weighted by Crippen LogP contribution is -2.45. The van der Waals surface area contributed by atoms with Crippen LogP contribution in [-0.4, -0.2) is 30.1 Å². The maximum absolute atomic E-state index is 5.86. The van der Waals surface area contributed by atoms with E-state index in [9.17, 15) is 0 Å². The number of nitrogens with zero attached hydrogens (tertiary/aromatic N) is 1. The fourth-order valence-electron chi connectivity index (χ4n) is 1.71. The predicted octanol–water partition coefficient (Wildman–Crippen LogP) is 1.71. The standard InChI is InChI=1S/C9H17BrN2/c1-7(10)6-12-4-3-9(11)5-8(12)2/h8-9H,1,3-6,11H2,2H3. The molecular formula is C9H17BrN2. The Balaban J connectivity index is 2.39. The number of hydrogen-bond donors (Lipinski definition) is 1. The zero-order valence-electron chi connectivity index (χ0n) is 7.59. The molecule has 2 N–H and O–H groups in total. The lowest BCUT2D eigenvalue weighted by molar-refractivity contribution is 0.163. The summed E-state index contributed by atoms with van der Waals surface area (Å²) in [5.41, 5.74) is 5.86. The molecule has 1 fully saturated rings. The molecule has 0 aromatic heterocycles. The lowest BCUT2D eigenvalue weighted by atomic mass is 9.99. The maximum atomic E-state index is 5.86. The normalized spacial score (nSPS) is 31.9. The van der Waals surface area contributed by atoms with Gasteiger partial charge in [0.2, 0.25) is 0 Å². The largest absolute Gasteiger partial charge is 0.328 e. The Hall–Kier alpha value is 0.140. The summed E-state index contributed by atoms with van der Waals surface area (Å²) < 4.78 is 1.06. The van der Waals surface area contributed by atoms with Crippen molar-refractivity contribution in [2.45, 2.75) is 31.8 Å². The zero-order valence-corrected chi connectivity index (χ0v) is 9.18. The first-order valence-electron chi connectivity index (χ1n) is 4.42. The monoisotopic (exact) mass is 232 g/mol. The van der Waals surface area contributed by atoms with E-state index in [0.29, 0.717) is 12.1 Å². The van der Waals surface area contributed by atoms with Gasteiger partial charge in [-0.15, -0.1) is 0 Å². The van der Waals surface area contributed by atoms with Crippen LogP contribution in [0.5, 0.6) is 0 Å². The molecule has 0 aliphatic carbocycles. The molecule has 0 spiro atoms. The molecule has 2 atom stereocenters. The minimum absolute atomic E-state index is 0.403.